The van der Waals surface area contributed by atoms with E-state index < -0.39 is 12.1 Å². The molecule has 4 heteroatoms. The Kier molecular flexibility index (Phi) is 2.15. The van der Waals surface area contributed by atoms with Gasteiger partial charge in [0.05, 0.1) is 19.1 Å². The summed E-state index contributed by atoms with van der Waals surface area (Å²) in [4.78, 5) is 10.9. The largest absolute Gasteiger partial charge is 0.480 e. The summed E-state index contributed by atoms with van der Waals surface area (Å²) in [6.45, 7) is 0. The lowest BCUT2D eigenvalue weighted by Crippen LogP contribution is -2.31. The molecule has 0 amide bonds. The molecule has 2 N–H and O–H groups in total. The average Bonchev–Trinajstić information content (AvgIpc) is 2.04. The minimum atomic E-state index is -0.773. The highest BCUT2D eigenvalue weighted by Crippen LogP contribution is 2.08. The van der Waals surface area contributed by atoms with Crippen LogP contribution in [0.15, 0.2) is 24.1 Å². The maximum absolute atomic E-state index is 10.9. The van der Waals surface area contributed by atoms with Crippen LogP contribution in [0.1, 0.15) is 0 Å². The molecule has 4 nitrogen and oxygen atoms in total. The Labute approximate surface area is 64.3 Å². The molecule has 1 unspecified atom stereocenters. The normalized spacial score (nSPS) is 21.9. The smallest absolute Gasteiger partial charge is 0.353 e. The molecule has 0 aromatic rings. The number of hydrogen-bond acceptors (Lipinski definition) is 4. The maximum atomic E-state index is 10.9. The Balaban J connectivity index is 2.68. The molecule has 0 aromatic carbocycles. The molecule has 1 aliphatic heterocycles. The molecule has 1 rings (SSSR count). The quantitative estimate of drug-likeness (QED) is 0.538. The third-order valence-electron chi connectivity index (χ3n) is 1.30. The van der Waals surface area contributed by atoms with Gasteiger partial charge in [0, 0.05) is 0 Å². The summed E-state index contributed by atoms with van der Waals surface area (Å²) in [5.41, 5.74) is 5.80. The Hall–Kier alpha value is -1.45. The highest BCUT2D eigenvalue weighted by atomic mass is 16.6. The highest BCUT2D eigenvalue weighted by Gasteiger charge is 2.23. The molecule has 0 radical (unpaired) electrons. The predicted molar refractivity (Wildman–Crippen MR) is 38.3 cm³/mol. The summed E-state index contributed by atoms with van der Waals surface area (Å²) in [6, 6.07) is 0. The molecule has 0 fully saturated rings. The van der Waals surface area contributed by atoms with E-state index in [1.807, 2.05) is 0 Å². The molecule has 1 atom stereocenters. The Morgan fingerprint density at radius 2 is 2.55 bits per heavy atom. The van der Waals surface area contributed by atoms with E-state index in [0.29, 0.717) is 5.70 Å². The molecule has 0 bridgehead atoms. The van der Waals surface area contributed by atoms with Gasteiger partial charge in [0.1, 0.15) is 0 Å². The lowest BCUT2D eigenvalue weighted by molar-refractivity contribution is -0.148. The fraction of sp³-hybridized carbons (Fsp3) is 0.286. The van der Waals surface area contributed by atoms with Gasteiger partial charge in [-0.05, 0) is 12.2 Å². The first-order valence-electron chi connectivity index (χ1n) is 3.11. The molecular weight excluding hydrogens is 146 g/mol. The fourth-order valence-electron chi connectivity index (χ4n) is 0.739. The molecule has 0 aromatic heterocycles. The molecule has 0 aliphatic carbocycles. The SMILES string of the molecule is COC(=O)C1OC=CC=C1N. The van der Waals surface area contributed by atoms with E-state index in [2.05, 4.69) is 4.74 Å². The zero-order chi connectivity index (χ0) is 8.27. The maximum Gasteiger partial charge on any atom is 0.353 e. The summed E-state index contributed by atoms with van der Waals surface area (Å²) < 4.78 is 9.34. The first-order valence-corrected chi connectivity index (χ1v) is 3.11. The lowest BCUT2D eigenvalue weighted by Gasteiger charge is -2.16. The van der Waals surface area contributed by atoms with Crippen LogP contribution in [0.25, 0.3) is 0 Å². The second-order valence-electron chi connectivity index (χ2n) is 2.03. The monoisotopic (exact) mass is 155 g/mol. The van der Waals surface area contributed by atoms with Crippen LogP contribution in [-0.2, 0) is 14.3 Å². The van der Waals surface area contributed by atoms with Gasteiger partial charge in [-0.15, -0.1) is 0 Å². The Bertz CT molecular complexity index is 220. The van der Waals surface area contributed by atoms with Crippen molar-refractivity contribution in [3.63, 3.8) is 0 Å². The number of rotatable bonds is 1. The minimum absolute atomic E-state index is 0.361. The van der Waals surface area contributed by atoms with Crippen LogP contribution in [0.2, 0.25) is 0 Å². The molecule has 1 heterocycles. The third kappa shape index (κ3) is 1.52. The van der Waals surface area contributed by atoms with Gasteiger partial charge >= 0.3 is 5.97 Å². The molecule has 1 aliphatic rings. The van der Waals surface area contributed by atoms with Crippen molar-refractivity contribution in [1.82, 2.24) is 0 Å². The molecular formula is C7H9NO3. The van der Waals surface area contributed by atoms with Crippen molar-refractivity contribution in [1.29, 1.82) is 0 Å². The van der Waals surface area contributed by atoms with Crippen molar-refractivity contribution in [2.24, 2.45) is 5.73 Å². The zero-order valence-corrected chi connectivity index (χ0v) is 6.11. The molecule has 0 saturated carbocycles. The average molecular weight is 155 g/mol. The summed E-state index contributed by atoms with van der Waals surface area (Å²) >= 11 is 0. The number of nitrogens with two attached hydrogens (primary N) is 1. The minimum Gasteiger partial charge on any atom is -0.480 e. The van der Waals surface area contributed by atoms with Gasteiger partial charge in [-0.25, -0.2) is 4.79 Å². The van der Waals surface area contributed by atoms with E-state index in [0.717, 1.165) is 0 Å². The van der Waals surface area contributed by atoms with E-state index in [4.69, 9.17) is 10.5 Å². The van der Waals surface area contributed by atoms with E-state index in [1.54, 1.807) is 12.2 Å². The number of hydrogen-bond donors (Lipinski definition) is 1. The van der Waals surface area contributed by atoms with Crippen molar-refractivity contribution >= 4 is 5.97 Å². The predicted octanol–water partition coefficient (Wildman–Crippen LogP) is -0.0855. The van der Waals surface area contributed by atoms with Gasteiger partial charge in [-0.2, -0.15) is 0 Å². The van der Waals surface area contributed by atoms with E-state index in [9.17, 15) is 4.79 Å². The van der Waals surface area contributed by atoms with Crippen molar-refractivity contribution in [2.75, 3.05) is 7.11 Å². The third-order valence-corrected chi connectivity index (χ3v) is 1.30. The van der Waals surface area contributed by atoms with Crippen molar-refractivity contribution in [2.45, 2.75) is 6.10 Å². The van der Waals surface area contributed by atoms with Crippen LogP contribution in [0.5, 0.6) is 0 Å². The number of esters is 1. The first-order chi connectivity index (χ1) is 5.25. The number of methoxy groups -OCH3 is 1. The van der Waals surface area contributed by atoms with Gasteiger partial charge in [0.15, 0.2) is 0 Å². The van der Waals surface area contributed by atoms with E-state index in [-0.39, 0.29) is 0 Å². The Morgan fingerprint density at radius 1 is 1.82 bits per heavy atom. The van der Waals surface area contributed by atoms with Gasteiger partial charge in [0.25, 0.3) is 0 Å². The van der Waals surface area contributed by atoms with Crippen molar-refractivity contribution < 1.29 is 14.3 Å². The molecule has 11 heavy (non-hydrogen) atoms. The topological polar surface area (TPSA) is 61.5 Å². The van der Waals surface area contributed by atoms with Crippen molar-refractivity contribution in [3.05, 3.63) is 24.1 Å². The van der Waals surface area contributed by atoms with E-state index >= 15 is 0 Å². The summed E-state index contributed by atoms with van der Waals surface area (Å²) in [5, 5.41) is 0. The zero-order valence-electron chi connectivity index (χ0n) is 6.11. The Morgan fingerprint density at radius 3 is 3.09 bits per heavy atom. The van der Waals surface area contributed by atoms with Crippen LogP contribution < -0.4 is 5.73 Å². The first kappa shape index (κ1) is 7.65. The number of carbonyl (C=O) groups is 1. The van der Waals surface area contributed by atoms with Gasteiger partial charge in [-0.1, -0.05) is 0 Å². The number of ether oxygens (including phenoxy) is 2. The molecule has 0 saturated heterocycles. The lowest BCUT2D eigenvalue weighted by atomic mass is 10.2. The molecule has 0 spiro atoms. The standard InChI is InChI=1S/C7H9NO3/c1-10-7(9)6-5(8)3-2-4-11-6/h2-4,6H,8H2,1H3. The number of allylic oxidation sites excluding steroid dienone is 2. The van der Waals surface area contributed by atoms with Crippen LogP contribution >= 0.6 is 0 Å². The second-order valence-corrected chi connectivity index (χ2v) is 2.03. The highest BCUT2D eigenvalue weighted by molar-refractivity contribution is 5.78. The van der Waals surface area contributed by atoms with Crippen molar-refractivity contribution in [3.8, 4) is 0 Å². The van der Waals surface area contributed by atoms with Gasteiger partial charge in [-0.3, -0.25) is 0 Å². The van der Waals surface area contributed by atoms with Crippen LogP contribution in [0.3, 0.4) is 0 Å². The van der Waals surface area contributed by atoms with Crippen LogP contribution in [0.4, 0.5) is 0 Å². The summed E-state index contributed by atoms with van der Waals surface area (Å²) in [6.07, 6.45) is 3.85. The number of carbonyl (C=O) groups excluding carboxylic acids is 1. The molecule has 60 valence electrons. The second kappa shape index (κ2) is 3.09. The van der Waals surface area contributed by atoms with E-state index in [1.165, 1.54) is 13.4 Å². The fourth-order valence-corrected chi connectivity index (χ4v) is 0.739. The summed E-state index contributed by atoms with van der Waals surface area (Å²) in [5.74, 6) is -0.483. The van der Waals surface area contributed by atoms with Crippen LogP contribution in [0, 0.1) is 0 Å². The van der Waals surface area contributed by atoms with Gasteiger partial charge < -0.3 is 15.2 Å². The van der Waals surface area contributed by atoms with Crippen LogP contribution in [-0.4, -0.2) is 19.2 Å². The summed E-state index contributed by atoms with van der Waals surface area (Å²) in [7, 11) is 1.29. The van der Waals surface area contributed by atoms with Gasteiger partial charge in [0.2, 0.25) is 6.10 Å².